The number of alkyl halides is 1. The van der Waals surface area contributed by atoms with Crippen LogP contribution < -0.4 is 4.74 Å². The van der Waals surface area contributed by atoms with E-state index < -0.39 is 12.1 Å². The molecule has 2 heterocycles. The van der Waals surface area contributed by atoms with Crippen molar-refractivity contribution in [1.82, 2.24) is 14.4 Å². The number of amides is 1. The number of halogens is 1. The predicted octanol–water partition coefficient (Wildman–Crippen LogP) is 5.30. The number of carboxylic acid groups (broad SMARTS) is 1. The van der Waals surface area contributed by atoms with Gasteiger partial charge in [0.15, 0.2) is 0 Å². The van der Waals surface area contributed by atoms with Gasteiger partial charge in [0.25, 0.3) is 0 Å². The molecule has 5 rings (SSSR count). The van der Waals surface area contributed by atoms with Crippen LogP contribution in [0.2, 0.25) is 0 Å². The molecule has 0 saturated heterocycles. The largest absolute Gasteiger partial charge is 0.494 e. The van der Waals surface area contributed by atoms with Crippen LogP contribution in [0.15, 0.2) is 36.4 Å². The van der Waals surface area contributed by atoms with E-state index in [1.165, 1.54) is 0 Å². The first-order valence-electron chi connectivity index (χ1n) is 13.5. The van der Waals surface area contributed by atoms with Gasteiger partial charge >= 0.3 is 5.97 Å². The molecule has 2 aromatic carbocycles. The highest BCUT2D eigenvalue weighted by atomic mass is 19.1. The highest BCUT2D eigenvalue weighted by molar-refractivity contribution is 5.98. The molecule has 0 unspecified atom stereocenters. The number of ether oxygens (including phenoxy) is 1. The summed E-state index contributed by atoms with van der Waals surface area (Å²) in [7, 11) is 3.75. The molecule has 2 atom stereocenters. The zero-order valence-electron chi connectivity index (χ0n) is 22.4. The maximum Gasteiger partial charge on any atom is 0.335 e. The molecule has 8 heteroatoms. The summed E-state index contributed by atoms with van der Waals surface area (Å²) in [6, 6.07) is 11.1. The number of carboxylic acids is 1. The number of nitrogens with zero attached hydrogens (tertiary/aromatic N) is 3. The second-order valence-corrected chi connectivity index (χ2v) is 10.7. The van der Waals surface area contributed by atoms with E-state index in [0.717, 1.165) is 58.3 Å². The fraction of sp³-hybridized carbons (Fsp3) is 0.467. The minimum atomic E-state index is -1.000. The molecule has 1 fully saturated rings. The number of benzene rings is 2. The monoisotopic (exact) mass is 521 g/mol. The number of fused-ring (bicyclic) bond motifs is 5. The summed E-state index contributed by atoms with van der Waals surface area (Å²) in [4.78, 5) is 28.8. The zero-order valence-corrected chi connectivity index (χ0v) is 22.4. The lowest BCUT2D eigenvalue weighted by atomic mass is 9.80. The fourth-order valence-corrected chi connectivity index (χ4v) is 6.10. The first-order valence-corrected chi connectivity index (χ1v) is 13.5. The molecule has 1 aromatic heterocycles. The van der Waals surface area contributed by atoms with Crippen molar-refractivity contribution in [2.24, 2.45) is 0 Å². The Balaban J connectivity index is 1.77. The van der Waals surface area contributed by atoms with Gasteiger partial charge in [-0.25, -0.2) is 9.18 Å². The van der Waals surface area contributed by atoms with Crippen LogP contribution in [-0.2, 0) is 17.9 Å². The van der Waals surface area contributed by atoms with Gasteiger partial charge in [0, 0.05) is 42.0 Å². The lowest BCUT2D eigenvalue weighted by molar-refractivity contribution is -0.132. The first-order chi connectivity index (χ1) is 18.3. The zero-order chi connectivity index (χ0) is 27.0. The van der Waals surface area contributed by atoms with Gasteiger partial charge in [0.1, 0.15) is 11.9 Å². The molecule has 7 nitrogen and oxygen atoms in total. The van der Waals surface area contributed by atoms with Crippen molar-refractivity contribution in [1.29, 1.82) is 0 Å². The first kappa shape index (κ1) is 26.2. The third kappa shape index (κ3) is 4.89. The summed E-state index contributed by atoms with van der Waals surface area (Å²) in [6.45, 7) is 4.13. The van der Waals surface area contributed by atoms with Gasteiger partial charge in [0.2, 0.25) is 5.91 Å². The van der Waals surface area contributed by atoms with E-state index in [1.807, 2.05) is 55.1 Å². The number of likely N-dealkylation sites (N-methyl/N-ethyl adjacent to an activating group) is 1. The van der Waals surface area contributed by atoms with Crippen molar-refractivity contribution >= 4 is 22.8 Å². The van der Waals surface area contributed by atoms with E-state index in [0.29, 0.717) is 39.2 Å². The SMILES string of the molecule is CCOc1ccc2c(c1)CN(C(=O)CN(C)C)CCn1c-2c([C@@H]2CCCC[C@H]2F)c2ccc(C(=O)O)cc21. The summed E-state index contributed by atoms with van der Waals surface area (Å²) in [5, 5.41) is 10.6. The normalized spacial score (nSPS) is 19.6. The Morgan fingerprint density at radius 2 is 1.89 bits per heavy atom. The Morgan fingerprint density at radius 1 is 1.11 bits per heavy atom. The quantitative estimate of drug-likeness (QED) is 0.476. The Hall–Kier alpha value is -3.39. The Labute approximate surface area is 222 Å². The van der Waals surface area contributed by atoms with E-state index in [2.05, 4.69) is 4.57 Å². The molecule has 1 aliphatic carbocycles. The summed E-state index contributed by atoms with van der Waals surface area (Å²) in [5.41, 5.74) is 4.75. The van der Waals surface area contributed by atoms with Gasteiger partial charge in [0.05, 0.1) is 24.4 Å². The highest BCUT2D eigenvalue weighted by Crippen LogP contribution is 2.47. The minimum absolute atomic E-state index is 0.0187. The smallest absolute Gasteiger partial charge is 0.335 e. The van der Waals surface area contributed by atoms with E-state index in [9.17, 15) is 14.7 Å². The van der Waals surface area contributed by atoms with Gasteiger partial charge in [-0.1, -0.05) is 18.9 Å². The van der Waals surface area contributed by atoms with Crippen molar-refractivity contribution in [3.63, 3.8) is 0 Å². The molecule has 1 aliphatic heterocycles. The van der Waals surface area contributed by atoms with Gasteiger partial charge in [-0.3, -0.25) is 4.79 Å². The molecule has 1 saturated carbocycles. The van der Waals surface area contributed by atoms with Crippen molar-refractivity contribution in [2.75, 3.05) is 33.8 Å². The maximum absolute atomic E-state index is 15.5. The van der Waals surface area contributed by atoms with Gasteiger partial charge in [-0.05, 0) is 75.3 Å². The molecule has 3 aromatic rings. The number of hydrogen-bond acceptors (Lipinski definition) is 4. The van der Waals surface area contributed by atoms with Crippen LogP contribution in [0.4, 0.5) is 4.39 Å². The van der Waals surface area contributed by atoms with E-state index in [-0.39, 0.29) is 17.4 Å². The number of carbonyl (C=O) groups is 2. The van der Waals surface area contributed by atoms with Crippen LogP contribution >= 0.6 is 0 Å². The Morgan fingerprint density at radius 3 is 2.61 bits per heavy atom. The Bertz CT molecular complexity index is 1370. The van der Waals surface area contributed by atoms with Crippen molar-refractivity contribution in [3.05, 3.63) is 53.1 Å². The second kappa shape index (κ2) is 10.8. The number of aromatic carboxylic acids is 1. The molecular weight excluding hydrogens is 485 g/mol. The van der Waals surface area contributed by atoms with Crippen molar-refractivity contribution in [3.8, 4) is 17.0 Å². The van der Waals surface area contributed by atoms with Crippen LogP contribution in [0, 0.1) is 0 Å². The van der Waals surface area contributed by atoms with Crippen molar-refractivity contribution < 1.29 is 23.8 Å². The summed E-state index contributed by atoms with van der Waals surface area (Å²) < 4.78 is 23.5. The molecule has 38 heavy (non-hydrogen) atoms. The fourth-order valence-electron chi connectivity index (χ4n) is 6.10. The average molecular weight is 522 g/mol. The van der Waals surface area contributed by atoms with Gasteiger partial charge in [-0.2, -0.15) is 0 Å². The van der Waals surface area contributed by atoms with Gasteiger partial charge < -0.3 is 24.2 Å². The molecule has 0 spiro atoms. The standard InChI is InChI=1S/C30H36FN3O4/c1-4-38-21-10-12-22-20(15-21)17-33(27(35)18-32(2)3)13-14-34-26-16-19(30(36)37)9-11-24(26)28(29(22)34)23-7-5-6-8-25(23)31/h9-12,15-16,23,25H,4-8,13-14,17-18H2,1-3H3,(H,36,37)/t23-,25-/m1/s1. The lowest BCUT2D eigenvalue weighted by Crippen LogP contribution is -2.40. The predicted molar refractivity (Wildman–Crippen MR) is 146 cm³/mol. The van der Waals surface area contributed by atoms with Gasteiger partial charge in [-0.15, -0.1) is 0 Å². The van der Waals surface area contributed by atoms with E-state index in [4.69, 9.17) is 4.74 Å². The third-order valence-electron chi connectivity index (χ3n) is 7.80. The third-order valence-corrected chi connectivity index (χ3v) is 7.80. The number of aromatic nitrogens is 1. The van der Waals surface area contributed by atoms with Crippen molar-refractivity contribution in [2.45, 2.75) is 57.8 Å². The van der Waals surface area contributed by atoms with Crippen LogP contribution in [0.5, 0.6) is 5.75 Å². The minimum Gasteiger partial charge on any atom is -0.494 e. The molecule has 1 amide bonds. The van der Waals surface area contributed by atoms with Crippen LogP contribution in [0.1, 0.15) is 60.0 Å². The molecule has 0 radical (unpaired) electrons. The average Bonchev–Trinajstić information content (AvgIpc) is 3.18. The summed E-state index contributed by atoms with van der Waals surface area (Å²) in [6.07, 6.45) is 2.19. The number of rotatable bonds is 6. The lowest BCUT2D eigenvalue weighted by Gasteiger charge is -2.31. The molecule has 2 aliphatic rings. The summed E-state index contributed by atoms with van der Waals surface area (Å²) in [5.74, 6) is -0.514. The van der Waals surface area contributed by atoms with E-state index in [1.54, 1.807) is 12.1 Å². The molecule has 202 valence electrons. The number of carbonyl (C=O) groups excluding carboxylic acids is 1. The molecule has 1 N–H and O–H groups in total. The maximum atomic E-state index is 15.5. The second-order valence-electron chi connectivity index (χ2n) is 10.7. The van der Waals surface area contributed by atoms with Crippen LogP contribution in [0.25, 0.3) is 22.2 Å². The highest BCUT2D eigenvalue weighted by Gasteiger charge is 2.34. The molecular formula is C30H36FN3O4. The Kier molecular flexibility index (Phi) is 7.43. The van der Waals surface area contributed by atoms with Crippen LogP contribution in [-0.4, -0.2) is 71.3 Å². The van der Waals surface area contributed by atoms with Crippen LogP contribution in [0.3, 0.4) is 0 Å². The summed E-state index contributed by atoms with van der Waals surface area (Å²) >= 11 is 0. The van der Waals surface area contributed by atoms with E-state index >= 15 is 4.39 Å². The number of hydrogen-bond donors (Lipinski definition) is 1. The topological polar surface area (TPSA) is 75.0 Å². The molecule has 0 bridgehead atoms.